The van der Waals surface area contributed by atoms with Crippen molar-refractivity contribution in [1.82, 2.24) is 15.0 Å². The zero-order valence-electron chi connectivity index (χ0n) is 10.3. The maximum absolute atomic E-state index is 10.6. The van der Waals surface area contributed by atoms with Gasteiger partial charge in [-0.05, 0) is 24.3 Å². The predicted octanol–water partition coefficient (Wildman–Crippen LogP) is 1.06. The average molecular weight is 263 g/mol. The number of carbonyl (C=O) groups is 1. The van der Waals surface area contributed by atoms with Gasteiger partial charge in [0.15, 0.2) is 5.69 Å². The molecule has 7 heteroatoms. The molecule has 0 unspecified atom stereocenters. The summed E-state index contributed by atoms with van der Waals surface area (Å²) in [4.78, 5) is 10.6. The van der Waals surface area contributed by atoms with Gasteiger partial charge in [0, 0.05) is 0 Å². The molecule has 1 aromatic carbocycles. The van der Waals surface area contributed by atoms with E-state index in [1.165, 1.54) is 10.9 Å². The summed E-state index contributed by atoms with van der Waals surface area (Å²) in [5.74, 6) is 0.372. The molecule has 1 aromatic heterocycles. The van der Waals surface area contributed by atoms with Crippen LogP contribution < -0.4 is 9.47 Å². The van der Waals surface area contributed by atoms with Crippen LogP contribution in [0.5, 0.6) is 11.5 Å². The van der Waals surface area contributed by atoms with Crippen LogP contribution in [0.15, 0.2) is 30.5 Å². The molecule has 0 aliphatic rings. The largest absolute Gasteiger partial charge is 0.497 e. The minimum atomic E-state index is -1.10. The zero-order valence-corrected chi connectivity index (χ0v) is 10.3. The molecule has 0 spiro atoms. The second kappa shape index (κ2) is 5.85. The average Bonchev–Trinajstić information content (AvgIpc) is 2.89. The first-order valence-corrected chi connectivity index (χ1v) is 5.59. The zero-order chi connectivity index (χ0) is 13.7. The second-order valence-corrected chi connectivity index (χ2v) is 3.70. The Bertz CT molecular complexity index is 550. The second-order valence-electron chi connectivity index (χ2n) is 3.70. The standard InChI is InChI=1S/C12H13N3O4/c1-18-9-2-4-10(5-3-9)19-7-6-15-8-11(12(16)17)13-14-15/h2-5,8H,6-7H2,1H3,(H,16,17). The van der Waals surface area contributed by atoms with Crippen LogP contribution in [0.25, 0.3) is 0 Å². The Morgan fingerprint density at radius 3 is 2.58 bits per heavy atom. The summed E-state index contributed by atoms with van der Waals surface area (Å²) in [6, 6.07) is 7.19. The first-order valence-electron chi connectivity index (χ1n) is 5.59. The Morgan fingerprint density at radius 2 is 2.00 bits per heavy atom. The minimum Gasteiger partial charge on any atom is -0.497 e. The van der Waals surface area contributed by atoms with Gasteiger partial charge in [-0.15, -0.1) is 5.10 Å². The molecule has 2 aromatic rings. The number of benzene rings is 1. The summed E-state index contributed by atoms with van der Waals surface area (Å²) in [6.45, 7) is 0.793. The first kappa shape index (κ1) is 12.9. The molecule has 100 valence electrons. The summed E-state index contributed by atoms with van der Waals surface area (Å²) in [5, 5.41) is 15.9. The summed E-state index contributed by atoms with van der Waals surface area (Å²) in [6.07, 6.45) is 1.36. The van der Waals surface area contributed by atoms with Crippen LogP contribution in [-0.4, -0.2) is 39.8 Å². The molecule has 0 amide bonds. The van der Waals surface area contributed by atoms with E-state index in [0.717, 1.165) is 5.75 Å². The highest BCUT2D eigenvalue weighted by Gasteiger charge is 2.07. The molecule has 0 bridgehead atoms. The SMILES string of the molecule is COc1ccc(OCCn2cc(C(=O)O)nn2)cc1. The van der Waals surface area contributed by atoms with Crippen LogP contribution in [-0.2, 0) is 6.54 Å². The van der Waals surface area contributed by atoms with Crippen LogP contribution in [0.4, 0.5) is 0 Å². The van der Waals surface area contributed by atoms with Crippen molar-refractivity contribution >= 4 is 5.97 Å². The predicted molar refractivity (Wildman–Crippen MR) is 65.5 cm³/mol. The fraction of sp³-hybridized carbons (Fsp3) is 0.250. The normalized spacial score (nSPS) is 10.2. The molecule has 0 saturated carbocycles. The number of carboxylic acid groups (broad SMARTS) is 1. The van der Waals surface area contributed by atoms with Crippen molar-refractivity contribution in [2.45, 2.75) is 6.54 Å². The van der Waals surface area contributed by atoms with Crippen molar-refractivity contribution in [1.29, 1.82) is 0 Å². The van der Waals surface area contributed by atoms with Crippen molar-refractivity contribution in [3.05, 3.63) is 36.2 Å². The highest BCUT2D eigenvalue weighted by Crippen LogP contribution is 2.16. The number of nitrogens with zero attached hydrogens (tertiary/aromatic N) is 3. The number of aromatic nitrogens is 3. The van der Waals surface area contributed by atoms with Crippen LogP contribution in [0.1, 0.15) is 10.5 Å². The Hall–Kier alpha value is -2.57. The lowest BCUT2D eigenvalue weighted by molar-refractivity contribution is 0.0690. The van der Waals surface area contributed by atoms with Crippen molar-refractivity contribution < 1.29 is 19.4 Å². The van der Waals surface area contributed by atoms with Gasteiger partial charge in [0.1, 0.15) is 18.1 Å². The summed E-state index contributed by atoms with van der Waals surface area (Å²) < 4.78 is 11.9. The van der Waals surface area contributed by atoms with Gasteiger partial charge in [-0.25, -0.2) is 9.48 Å². The van der Waals surface area contributed by atoms with E-state index in [2.05, 4.69) is 10.3 Å². The molecule has 0 fully saturated rings. The van der Waals surface area contributed by atoms with Crippen LogP contribution in [0.3, 0.4) is 0 Å². The molecule has 0 aliphatic heterocycles. The monoisotopic (exact) mass is 263 g/mol. The van der Waals surface area contributed by atoms with E-state index in [0.29, 0.717) is 18.9 Å². The molecule has 0 atom stereocenters. The van der Waals surface area contributed by atoms with Gasteiger partial charge in [0.2, 0.25) is 0 Å². The van der Waals surface area contributed by atoms with Crippen molar-refractivity contribution in [3.8, 4) is 11.5 Å². The minimum absolute atomic E-state index is 0.0792. The molecule has 0 radical (unpaired) electrons. The number of ether oxygens (including phenoxy) is 2. The van der Waals surface area contributed by atoms with Gasteiger partial charge in [-0.1, -0.05) is 5.21 Å². The van der Waals surface area contributed by atoms with E-state index in [4.69, 9.17) is 14.6 Å². The molecule has 1 heterocycles. The third-order valence-corrected chi connectivity index (χ3v) is 2.41. The fourth-order valence-corrected chi connectivity index (χ4v) is 1.43. The Labute approximate surface area is 109 Å². The third-order valence-electron chi connectivity index (χ3n) is 2.41. The third kappa shape index (κ3) is 3.44. The van der Waals surface area contributed by atoms with Gasteiger partial charge in [0.25, 0.3) is 0 Å². The van der Waals surface area contributed by atoms with Gasteiger partial charge in [-0.3, -0.25) is 0 Å². The lowest BCUT2D eigenvalue weighted by atomic mass is 10.3. The molecule has 0 aliphatic carbocycles. The fourth-order valence-electron chi connectivity index (χ4n) is 1.43. The van der Waals surface area contributed by atoms with E-state index in [9.17, 15) is 4.79 Å². The molecule has 7 nitrogen and oxygen atoms in total. The van der Waals surface area contributed by atoms with Crippen LogP contribution >= 0.6 is 0 Å². The van der Waals surface area contributed by atoms with E-state index < -0.39 is 5.97 Å². The Morgan fingerprint density at radius 1 is 1.32 bits per heavy atom. The van der Waals surface area contributed by atoms with Gasteiger partial charge < -0.3 is 14.6 Å². The van der Waals surface area contributed by atoms with Gasteiger partial charge in [0.05, 0.1) is 19.9 Å². The lowest BCUT2D eigenvalue weighted by Crippen LogP contribution is -2.08. The van der Waals surface area contributed by atoms with E-state index in [1.807, 2.05) is 0 Å². The lowest BCUT2D eigenvalue weighted by Gasteiger charge is -2.06. The molecule has 0 saturated heterocycles. The summed E-state index contributed by atoms with van der Waals surface area (Å²) >= 11 is 0. The Balaban J connectivity index is 1.83. The molecule has 19 heavy (non-hydrogen) atoms. The topological polar surface area (TPSA) is 86.5 Å². The highest BCUT2D eigenvalue weighted by molar-refractivity contribution is 5.84. The van der Waals surface area contributed by atoms with Gasteiger partial charge >= 0.3 is 5.97 Å². The smallest absolute Gasteiger partial charge is 0.358 e. The number of hydrogen-bond acceptors (Lipinski definition) is 5. The maximum atomic E-state index is 10.6. The van der Waals surface area contributed by atoms with Crippen LogP contribution in [0, 0.1) is 0 Å². The number of aromatic carboxylic acids is 1. The molecular weight excluding hydrogens is 250 g/mol. The highest BCUT2D eigenvalue weighted by atomic mass is 16.5. The van der Waals surface area contributed by atoms with Crippen molar-refractivity contribution in [2.75, 3.05) is 13.7 Å². The first-order chi connectivity index (χ1) is 9.19. The van der Waals surface area contributed by atoms with E-state index in [1.54, 1.807) is 31.4 Å². The van der Waals surface area contributed by atoms with Gasteiger partial charge in [-0.2, -0.15) is 0 Å². The van der Waals surface area contributed by atoms with Crippen LogP contribution in [0.2, 0.25) is 0 Å². The molecule has 1 N–H and O–H groups in total. The van der Waals surface area contributed by atoms with Crippen molar-refractivity contribution in [2.24, 2.45) is 0 Å². The summed E-state index contributed by atoms with van der Waals surface area (Å²) in [5.41, 5.74) is -0.0792. The van der Waals surface area contributed by atoms with E-state index in [-0.39, 0.29) is 5.69 Å². The quantitative estimate of drug-likeness (QED) is 0.838. The molecule has 2 rings (SSSR count). The number of carboxylic acids is 1. The number of rotatable bonds is 6. The maximum Gasteiger partial charge on any atom is 0.358 e. The van der Waals surface area contributed by atoms with E-state index >= 15 is 0 Å². The Kier molecular flexibility index (Phi) is 3.97. The number of methoxy groups -OCH3 is 1. The molecular formula is C12H13N3O4. The summed E-state index contributed by atoms with van der Waals surface area (Å²) in [7, 11) is 1.60. The number of hydrogen-bond donors (Lipinski definition) is 1. The van der Waals surface area contributed by atoms with Crippen molar-refractivity contribution in [3.63, 3.8) is 0 Å².